The van der Waals surface area contributed by atoms with Gasteiger partial charge in [-0.2, -0.15) is 5.10 Å². The molecule has 154 valence electrons. The number of carbonyl (C=O) groups is 1. The van der Waals surface area contributed by atoms with Crippen LogP contribution in [-0.2, 0) is 16.1 Å². The number of carbonyl (C=O) groups excluding carboxylic acids is 1. The van der Waals surface area contributed by atoms with E-state index < -0.39 is 0 Å². The maximum Gasteiger partial charge on any atom is 0.267 e. The topological polar surface area (TPSA) is 98.6 Å². The molecule has 0 saturated heterocycles. The molecule has 3 heterocycles. The fraction of sp³-hybridized carbons (Fsp3) is 0.273. The van der Waals surface area contributed by atoms with Gasteiger partial charge in [0, 0.05) is 29.7 Å². The van der Waals surface area contributed by atoms with Crippen molar-refractivity contribution in [3.05, 3.63) is 71.2 Å². The number of aromatic nitrogens is 3. The lowest BCUT2D eigenvalue weighted by atomic mass is 10.0. The van der Waals surface area contributed by atoms with Crippen molar-refractivity contribution in [1.29, 1.82) is 0 Å². The van der Waals surface area contributed by atoms with E-state index in [1.54, 1.807) is 21.8 Å². The molecule has 0 bridgehead atoms. The zero-order chi connectivity index (χ0) is 21.1. The Morgan fingerprint density at radius 2 is 2.07 bits per heavy atom. The molecule has 0 atom stereocenters. The van der Waals surface area contributed by atoms with Crippen LogP contribution < -0.4 is 10.6 Å². The Kier molecular flexibility index (Phi) is 5.47. The van der Waals surface area contributed by atoms with Gasteiger partial charge in [0.25, 0.3) is 5.91 Å². The first-order valence-electron chi connectivity index (χ1n) is 9.86. The molecule has 0 spiro atoms. The summed E-state index contributed by atoms with van der Waals surface area (Å²) in [6, 6.07) is 13.5. The second kappa shape index (κ2) is 8.36. The van der Waals surface area contributed by atoms with Gasteiger partial charge < -0.3 is 15.5 Å². The average Bonchev–Trinajstić information content (AvgIpc) is 3.11. The molecule has 8 nitrogen and oxygen atoms in total. The molecule has 4 rings (SSSR count). The fourth-order valence-corrected chi connectivity index (χ4v) is 3.60. The normalized spacial score (nSPS) is 13.8. The minimum absolute atomic E-state index is 0.142. The number of hydrogen-bond acceptors (Lipinski definition) is 5. The van der Waals surface area contributed by atoms with Crippen molar-refractivity contribution in [2.75, 3.05) is 18.1 Å². The molecule has 3 aromatic rings. The number of para-hydroxylation sites is 1. The van der Waals surface area contributed by atoms with E-state index in [4.69, 9.17) is 10.6 Å². The summed E-state index contributed by atoms with van der Waals surface area (Å²) in [5.41, 5.74) is 10.6. The summed E-state index contributed by atoms with van der Waals surface area (Å²) < 4.78 is 1.76. The maximum absolute atomic E-state index is 12.6. The summed E-state index contributed by atoms with van der Waals surface area (Å²) in [6.45, 7) is 4.41. The minimum Gasteiger partial charge on any atom is -0.384 e. The van der Waals surface area contributed by atoms with Gasteiger partial charge in [0.1, 0.15) is 0 Å². The number of amidine groups is 1. The van der Waals surface area contributed by atoms with Gasteiger partial charge in [-0.15, -0.1) is 0 Å². The number of rotatable bonds is 5. The van der Waals surface area contributed by atoms with Crippen LogP contribution in [0.5, 0.6) is 0 Å². The Bertz CT molecular complexity index is 1090. The van der Waals surface area contributed by atoms with E-state index in [2.05, 4.69) is 21.3 Å². The highest BCUT2D eigenvalue weighted by atomic mass is 16.6. The summed E-state index contributed by atoms with van der Waals surface area (Å²) in [5.74, 6) is 0.711. The van der Waals surface area contributed by atoms with Crippen molar-refractivity contribution in [2.24, 2.45) is 10.9 Å². The van der Waals surface area contributed by atoms with Crippen molar-refractivity contribution in [2.45, 2.75) is 26.7 Å². The van der Waals surface area contributed by atoms with Gasteiger partial charge in [0.05, 0.1) is 5.69 Å². The van der Waals surface area contributed by atoms with Crippen LogP contribution in [0.15, 0.2) is 53.8 Å². The number of nitrogens with zero attached hydrogens (tertiary/aromatic N) is 5. The number of nitrogens with two attached hydrogens (primary N) is 1. The number of fused-ring (bicyclic) bond motifs is 1. The second-order valence-electron chi connectivity index (χ2n) is 7.27. The van der Waals surface area contributed by atoms with Crippen LogP contribution in [-0.4, -0.2) is 39.7 Å². The molecule has 2 N–H and O–H groups in total. The third-order valence-corrected chi connectivity index (χ3v) is 5.03. The quantitative estimate of drug-likeness (QED) is 0.400. The first kappa shape index (κ1) is 19.6. The van der Waals surface area contributed by atoms with Gasteiger partial charge in [-0.25, -0.2) is 9.67 Å². The van der Waals surface area contributed by atoms with Gasteiger partial charge in [-0.05, 0) is 56.5 Å². The maximum atomic E-state index is 12.6. The van der Waals surface area contributed by atoms with E-state index in [0.717, 1.165) is 29.9 Å². The van der Waals surface area contributed by atoms with Crippen LogP contribution in [0.3, 0.4) is 0 Å². The van der Waals surface area contributed by atoms with E-state index in [9.17, 15) is 4.79 Å². The number of hydrogen-bond donors (Lipinski definition) is 1. The molecule has 0 aliphatic carbocycles. The van der Waals surface area contributed by atoms with Crippen molar-refractivity contribution in [3.63, 3.8) is 0 Å². The van der Waals surface area contributed by atoms with Crippen molar-refractivity contribution < 1.29 is 9.63 Å². The number of benzene rings is 1. The minimum atomic E-state index is -0.174. The van der Waals surface area contributed by atoms with Crippen LogP contribution in [0, 0.1) is 13.8 Å². The van der Waals surface area contributed by atoms with Crippen LogP contribution in [0.2, 0.25) is 0 Å². The summed E-state index contributed by atoms with van der Waals surface area (Å²) in [5, 5.41) is 8.30. The molecule has 1 aliphatic heterocycles. The van der Waals surface area contributed by atoms with Gasteiger partial charge in [-0.1, -0.05) is 23.4 Å². The summed E-state index contributed by atoms with van der Waals surface area (Å²) in [4.78, 5) is 24.0. The molecule has 0 saturated carbocycles. The summed E-state index contributed by atoms with van der Waals surface area (Å²) in [6.07, 6.45) is 3.52. The van der Waals surface area contributed by atoms with Gasteiger partial charge >= 0.3 is 0 Å². The van der Waals surface area contributed by atoms with Crippen LogP contribution in [0.4, 0.5) is 5.69 Å². The standard InChI is InChI=1S/C22H24N6O2/c1-15-12-16(2)28(25-15)20-10-9-18(13-24-20)22(23)26-30-14-21(29)27-11-5-7-17-6-3-4-8-19(17)27/h3-4,6,8-10,12-13H,5,7,11,14H2,1-2H3,(H2,23,26). The molecule has 8 heteroatoms. The van der Waals surface area contributed by atoms with Crippen LogP contribution in [0.25, 0.3) is 5.82 Å². The number of amides is 1. The first-order chi connectivity index (χ1) is 14.5. The lowest BCUT2D eigenvalue weighted by molar-refractivity contribution is -0.123. The average molecular weight is 404 g/mol. The van der Waals surface area contributed by atoms with E-state index in [-0.39, 0.29) is 18.3 Å². The molecule has 0 radical (unpaired) electrons. The van der Waals surface area contributed by atoms with Crippen LogP contribution >= 0.6 is 0 Å². The zero-order valence-corrected chi connectivity index (χ0v) is 17.1. The van der Waals surface area contributed by atoms with Gasteiger partial charge in [0.15, 0.2) is 18.3 Å². The van der Waals surface area contributed by atoms with Crippen molar-refractivity contribution >= 4 is 17.4 Å². The highest BCUT2D eigenvalue weighted by Crippen LogP contribution is 2.26. The highest BCUT2D eigenvalue weighted by molar-refractivity contribution is 5.97. The smallest absolute Gasteiger partial charge is 0.267 e. The molecule has 2 aromatic heterocycles. The van der Waals surface area contributed by atoms with E-state index >= 15 is 0 Å². The summed E-state index contributed by atoms with van der Waals surface area (Å²) in [7, 11) is 0. The number of pyridine rings is 1. The monoisotopic (exact) mass is 404 g/mol. The van der Waals surface area contributed by atoms with Gasteiger partial charge in [0.2, 0.25) is 0 Å². The number of oxime groups is 1. The Hall–Kier alpha value is -3.68. The largest absolute Gasteiger partial charge is 0.384 e. The van der Waals surface area contributed by atoms with Crippen molar-refractivity contribution in [3.8, 4) is 5.82 Å². The number of anilines is 1. The molecule has 0 unspecified atom stereocenters. The van der Waals surface area contributed by atoms with E-state index in [1.807, 2.05) is 44.2 Å². The molecule has 1 aromatic carbocycles. The predicted octanol–water partition coefficient (Wildman–Crippen LogP) is 2.50. The van der Waals surface area contributed by atoms with E-state index in [0.29, 0.717) is 17.9 Å². The van der Waals surface area contributed by atoms with E-state index in [1.165, 1.54) is 5.56 Å². The zero-order valence-electron chi connectivity index (χ0n) is 17.1. The molecule has 30 heavy (non-hydrogen) atoms. The molecule has 1 aliphatic rings. The SMILES string of the molecule is Cc1cc(C)n(-c2ccc(/C(N)=N/OCC(=O)N3CCCc4ccccc43)cn2)n1. The second-order valence-corrected chi connectivity index (χ2v) is 7.27. The highest BCUT2D eigenvalue weighted by Gasteiger charge is 2.22. The molecule has 1 amide bonds. The third-order valence-electron chi connectivity index (χ3n) is 5.03. The first-order valence-corrected chi connectivity index (χ1v) is 9.86. The predicted molar refractivity (Wildman–Crippen MR) is 115 cm³/mol. The molecular formula is C22H24N6O2. The fourth-order valence-electron chi connectivity index (χ4n) is 3.60. The molecule has 0 fully saturated rings. The Labute approximate surface area is 175 Å². The lowest BCUT2D eigenvalue weighted by Crippen LogP contribution is -2.37. The van der Waals surface area contributed by atoms with Gasteiger partial charge in [-0.3, -0.25) is 4.79 Å². The van der Waals surface area contributed by atoms with Crippen molar-refractivity contribution in [1.82, 2.24) is 14.8 Å². The number of aryl methyl sites for hydroxylation is 3. The lowest BCUT2D eigenvalue weighted by Gasteiger charge is -2.28. The van der Waals surface area contributed by atoms with Crippen LogP contribution in [0.1, 0.15) is 28.9 Å². The Balaban J connectivity index is 1.39. The Morgan fingerprint density at radius 1 is 1.23 bits per heavy atom. The Morgan fingerprint density at radius 3 is 2.80 bits per heavy atom. The third kappa shape index (κ3) is 4.03. The summed E-state index contributed by atoms with van der Waals surface area (Å²) >= 11 is 0. The molecular weight excluding hydrogens is 380 g/mol.